The number of aromatic amines is 1. The molecule has 0 unspecified atom stereocenters. The van der Waals surface area contributed by atoms with Crippen LogP contribution >= 0.6 is 15.9 Å². The Morgan fingerprint density at radius 1 is 0.625 bits per heavy atom. The van der Waals surface area contributed by atoms with Crippen molar-refractivity contribution < 1.29 is 0 Å². The molecule has 0 aliphatic heterocycles. The second-order valence-electron chi connectivity index (χ2n) is 9.74. The maximum Gasteiger partial charge on any atom is 0.0658 e. The van der Waals surface area contributed by atoms with Crippen molar-refractivity contribution in [1.29, 1.82) is 0 Å². The zero-order valence-electron chi connectivity index (χ0n) is 22.3. The molecule has 3 nitrogen and oxygen atoms in total. The molecule has 0 saturated heterocycles. The fraction of sp³-hybridized carbons (Fsp3) is 0.0556. The van der Waals surface area contributed by atoms with E-state index < -0.39 is 0 Å². The molecule has 1 aromatic heterocycles. The van der Waals surface area contributed by atoms with E-state index in [0.717, 1.165) is 32.5 Å². The highest BCUT2D eigenvalue weighted by Gasteiger charge is 2.13. The van der Waals surface area contributed by atoms with Crippen LogP contribution in [0.2, 0.25) is 0 Å². The molecule has 0 bridgehead atoms. The van der Waals surface area contributed by atoms with E-state index in [1.165, 1.54) is 33.2 Å². The molecule has 6 aromatic rings. The number of hydrogen-bond acceptors (Lipinski definition) is 2. The third-order valence-corrected chi connectivity index (χ3v) is 7.74. The van der Waals surface area contributed by atoms with E-state index in [0.29, 0.717) is 6.54 Å². The highest BCUT2D eigenvalue weighted by molar-refractivity contribution is 9.10. The van der Waals surface area contributed by atoms with E-state index in [2.05, 4.69) is 153 Å². The summed E-state index contributed by atoms with van der Waals surface area (Å²) in [7, 11) is 1.99. The van der Waals surface area contributed by atoms with Crippen LogP contribution in [-0.4, -0.2) is 12.0 Å². The number of nitrogens with one attached hydrogen (secondary N) is 3. The minimum atomic E-state index is 0.680. The van der Waals surface area contributed by atoms with E-state index in [1.54, 1.807) is 0 Å². The predicted octanol–water partition coefficient (Wildman–Crippen LogP) is 9.10. The smallest absolute Gasteiger partial charge is 0.0658 e. The lowest BCUT2D eigenvalue weighted by molar-refractivity contribution is 0.891. The van der Waals surface area contributed by atoms with Gasteiger partial charge in [-0.3, -0.25) is 0 Å². The molecule has 0 aliphatic carbocycles. The first-order chi connectivity index (χ1) is 19.7. The van der Waals surface area contributed by atoms with Crippen LogP contribution in [-0.2, 0) is 6.54 Å². The molecule has 0 atom stereocenters. The fourth-order valence-corrected chi connectivity index (χ4v) is 5.51. The van der Waals surface area contributed by atoms with Crippen molar-refractivity contribution in [2.24, 2.45) is 0 Å². The summed E-state index contributed by atoms with van der Waals surface area (Å²) in [4.78, 5) is 3.41. The van der Waals surface area contributed by atoms with E-state index in [4.69, 9.17) is 0 Å². The van der Waals surface area contributed by atoms with Gasteiger partial charge in [-0.25, -0.2) is 0 Å². The predicted molar refractivity (Wildman–Crippen MR) is 172 cm³/mol. The average Bonchev–Trinajstić information content (AvgIpc) is 3.42. The van der Waals surface area contributed by atoms with Crippen molar-refractivity contribution in [3.05, 3.63) is 155 Å². The second-order valence-corrected chi connectivity index (χ2v) is 10.7. The molecule has 6 rings (SSSR count). The van der Waals surface area contributed by atoms with Gasteiger partial charge in [0.2, 0.25) is 0 Å². The number of fused-ring (bicyclic) bond motifs is 1. The number of halogens is 1. The first kappa shape index (κ1) is 25.7. The highest BCUT2D eigenvalue weighted by Crippen LogP contribution is 2.29. The van der Waals surface area contributed by atoms with Crippen LogP contribution in [0, 0.1) is 0 Å². The van der Waals surface area contributed by atoms with E-state index in [9.17, 15) is 0 Å². The van der Waals surface area contributed by atoms with Crippen LogP contribution < -0.4 is 10.6 Å². The quantitative estimate of drug-likeness (QED) is 0.156. The van der Waals surface area contributed by atoms with Crippen molar-refractivity contribution in [3.63, 3.8) is 0 Å². The van der Waals surface area contributed by atoms with Gasteiger partial charge in [-0.1, -0.05) is 125 Å². The van der Waals surface area contributed by atoms with Gasteiger partial charge in [-0.15, -0.1) is 0 Å². The van der Waals surface area contributed by atoms with Crippen LogP contribution in [0.3, 0.4) is 0 Å². The fourth-order valence-electron chi connectivity index (χ4n) is 5.15. The van der Waals surface area contributed by atoms with Gasteiger partial charge < -0.3 is 15.6 Å². The van der Waals surface area contributed by atoms with Gasteiger partial charge in [0.05, 0.1) is 11.4 Å². The topological polar surface area (TPSA) is 39.8 Å². The number of benzene rings is 5. The summed E-state index contributed by atoms with van der Waals surface area (Å²) >= 11 is 3.63. The maximum absolute atomic E-state index is 3.79. The summed E-state index contributed by atoms with van der Waals surface area (Å²) < 4.78 is 1.07. The standard InChI is InChI=1S/C36H30BrN3/c1-38-35(29-16-12-27(13-17-29)25-8-4-2-5-9-25)36(30-18-14-28(15-19-30)26-10-6-3-7-11-26)40-24-31-23-39-34-21-20-32(37)22-33(31)34/h2-23,38-40H,24H2,1H3/b36-35-. The lowest BCUT2D eigenvalue weighted by Crippen LogP contribution is -2.18. The summed E-state index contributed by atoms with van der Waals surface area (Å²) in [5, 5.41) is 8.49. The first-order valence-electron chi connectivity index (χ1n) is 13.4. The van der Waals surface area contributed by atoms with Gasteiger partial charge in [0.15, 0.2) is 0 Å². The van der Waals surface area contributed by atoms with Crippen LogP contribution in [0.1, 0.15) is 16.7 Å². The molecule has 0 spiro atoms. The Balaban J connectivity index is 1.39. The average molecular weight is 585 g/mol. The molecule has 0 fully saturated rings. The number of H-pyrrole nitrogens is 1. The van der Waals surface area contributed by atoms with Crippen LogP contribution in [0.25, 0.3) is 44.6 Å². The molecule has 0 amide bonds. The summed E-state index contributed by atoms with van der Waals surface area (Å²) in [6, 6.07) is 44.9. The molecule has 5 aromatic carbocycles. The SMILES string of the molecule is CN/C(=C(\NCc1c[nH]c2ccc(Br)cc12)c1ccc(-c2ccccc2)cc1)c1ccc(-c2ccccc2)cc1. The van der Waals surface area contributed by atoms with E-state index in [-0.39, 0.29) is 0 Å². The summed E-state index contributed by atoms with van der Waals surface area (Å²) in [6.07, 6.45) is 2.09. The zero-order valence-corrected chi connectivity index (χ0v) is 23.9. The molecule has 196 valence electrons. The molecule has 0 aliphatic rings. The molecular weight excluding hydrogens is 554 g/mol. The summed E-state index contributed by atoms with van der Waals surface area (Å²) in [5.74, 6) is 0. The second kappa shape index (κ2) is 11.7. The Labute approximate surface area is 243 Å². The van der Waals surface area contributed by atoms with Crippen molar-refractivity contribution >= 4 is 38.2 Å². The Morgan fingerprint density at radius 3 is 1.70 bits per heavy atom. The monoisotopic (exact) mass is 583 g/mol. The minimum Gasteiger partial charge on any atom is -0.386 e. The van der Waals surface area contributed by atoms with Gasteiger partial charge in [-0.2, -0.15) is 0 Å². The molecule has 3 N–H and O–H groups in total. The maximum atomic E-state index is 3.79. The minimum absolute atomic E-state index is 0.680. The van der Waals surface area contributed by atoms with Gasteiger partial charge >= 0.3 is 0 Å². The molecule has 1 heterocycles. The third kappa shape index (κ3) is 5.45. The van der Waals surface area contributed by atoms with Gasteiger partial charge in [0.25, 0.3) is 0 Å². The molecular formula is C36H30BrN3. The molecule has 0 saturated carbocycles. The van der Waals surface area contributed by atoms with Crippen molar-refractivity contribution in [1.82, 2.24) is 15.6 Å². The lowest BCUT2D eigenvalue weighted by atomic mass is 9.98. The van der Waals surface area contributed by atoms with Gasteiger partial charge in [0.1, 0.15) is 0 Å². The zero-order chi connectivity index (χ0) is 27.3. The van der Waals surface area contributed by atoms with Crippen molar-refractivity contribution in [3.8, 4) is 22.3 Å². The summed E-state index contributed by atoms with van der Waals surface area (Å²) in [5.41, 5.74) is 11.5. The Bertz CT molecular complexity index is 1750. The van der Waals surface area contributed by atoms with Crippen LogP contribution in [0.4, 0.5) is 0 Å². The van der Waals surface area contributed by atoms with Crippen LogP contribution in [0.15, 0.2) is 138 Å². The number of hydrogen-bond donors (Lipinski definition) is 3. The van der Waals surface area contributed by atoms with E-state index in [1.807, 2.05) is 19.2 Å². The number of rotatable bonds is 8. The first-order valence-corrected chi connectivity index (χ1v) is 14.2. The van der Waals surface area contributed by atoms with Gasteiger partial charge in [-0.05, 0) is 57.1 Å². The largest absolute Gasteiger partial charge is 0.386 e. The van der Waals surface area contributed by atoms with Crippen LogP contribution in [0.5, 0.6) is 0 Å². The molecule has 4 heteroatoms. The molecule has 0 radical (unpaired) electrons. The van der Waals surface area contributed by atoms with Crippen molar-refractivity contribution in [2.75, 3.05) is 7.05 Å². The number of aromatic nitrogens is 1. The van der Waals surface area contributed by atoms with E-state index >= 15 is 0 Å². The third-order valence-electron chi connectivity index (χ3n) is 7.25. The lowest BCUT2D eigenvalue weighted by Gasteiger charge is -2.19. The Morgan fingerprint density at radius 2 is 1.15 bits per heavy atom. The Kier molecular flexibility index (Phi) is 7.51. The summed E-state index contributed by atoms with van der Waals surface area (Å²) in [6.45, 7) is 0.680. The normalized spacial score (nSPS) is 11.8. The Hall–Kier alpha value is -4.54. The van der Waals surface area contributed by atoms with Gasteiger partial charge in [0, 0.05) is 35.2 Å². The van der Waals surface area contributed by atoms with Crippen molar-refractivity contribution in [2.45, 2.75) is 6.54 Å². The molecule has 40 heavy (non-hydrogen) atoms. The highest BCUT2D eigenvalue weighted by atomic mass is 79.9.